The lowest BCUT2D eigenvalue weighted by atomic mass is 9.82. The summed E-state index contributed by atoms with van der Waals surface area (Å²) >= 11 is 0. The summed E-state index contributed by atoms with van der Waals surface area (Å²) in [6.45, 7) is 1.38. The summed E-state index contributed by atoms with van der Waals surface area (Å²) in [5.41, 5.74) is 0. The molecule has 0 radical (unpaired) electrons. The molecule has 0 spiro atoms. The lowest BCUT2D eigenvalue weighted by Gasteiger charge is -2.36. The van der Waals surface area contributed by atoms with Crippen LogP contribution in [0, 0.1) is 11.8 Å². The predicted octanol–water partition coefficient (Wildman–Crippen LogP) is 1.97. The molecule has 2 atom stereocenters. The average Bonchev–Trinajstić information content (AvgIpc) is 3.23. The van der Waals surface area contributed by atoms with E-state index in [1.165, 1.54) is 44.8 Å². The van der Waals surface area contributed by atoms with E-state index in [-0.39, 0.29) is 0 Å². The first kappa shape index (κ1) is 14.8. The first-order valence-electron chi connectivity index (χ1n) is 8.23. The third kappa shape index (κ3) is 3.74. The van der Waals surface area contributed by atoms with E-state index in [1.807, 2.05) is 0 Å². The van der Waals surface area contributed by atoms with E-state index in [0.717, 1.165) is 24.7 Å². The fraction of sp³-hybridized carbons (Fsp3) is 1.00. The van der Waals surface area contributed by atoms with Crippen LogP contribution < -0.4 is 5.32 Å². The van der Waals surface area contributed by atoms with Gasteiger partial charge in [-0.1, -0.05) is 12.8 Å². The largest absolute Gasteiger partial charge is 0.311 e. The van der Waals surface area contributed by atoms with Crippen molar-refractivity contribution in [2.75, 3.05) is 19.3 Å². The van der Waals surface area contributed by atoms with Crippen LogP contribution in [0.5, 0.6) is 0 Å². The lowest BCUT2D eigenvalue weighted by molar-refractivity contribution is 0.215. The highest BCUT2D eigenvalue weighted by atomic mass is 32.2. The molecule has 1 saturated heterocycles. The van der Waals surface area contributed by atoms with Crippen LogP contribution in [-0.2, 0) is 10.0 Å². The van der Waals surface area contributed by atoms with E-state index in [9.17, 15) is 8.42 Å². The summed E-state index contributed by atoms with van der Waals surface area (Å²) in [7, 11) is -2.99. The van der Waals surface area contributed by atoms with Crippen molar-refractivity contribution in [1.82, 2.24) is 9.62 Å². The fourth-order valence-electron chi connectivity index (χ4n) is 4.06. The van der Waals surface area contributed by atoms with E-state index >= 15 is 0 Å². The highest BCUT2D eigenvalue weighted by Crippen LogP contribution is 2.44. The molecule has 0 aromatic rings. The second kappa shape index (κ2) is 5.93. The third-order valence-corrected chi connectivity index (χ3v) is 6.70. The van der Waals surface area contributed by atoms with Crippen molar-refractivity contribution in [3.8, 4) is 0 Å². The molecule has 2 unspecified atom stereocenters. The molecule has 3 rings (SSSR count). The van der Waals surface area contributed by atoms with E-state index in [4.69, 9.17) is 0 Å². The number of hydrogen-bond donors (Lipinski definition) is 1. The number of piperidine rings is 1. The zero-order valence-electron chi connectivity index (χ0n) is 12.6. The Bertz CT molecular complexity index is 425. The minimum atomic E-state index is -2.99. The summed E-state index contributed by atoms with van der Waals surface area (Å²) in [6, 6.07) is 1.21. The molecule has 4 nitrogen and oxygen atoms in total. The monoisotopic (exact) mass is 300 g/mol. The van der Waals surface area contributed by atoms with Crippen LogP contribution in [0.25, 0.3) is 0 Å². The third-order valence-electron chi connectivity index (χ3n) is 5.40. The van der Waals surface area contributed by atoms with Crippen LogP contribution in [0.1, 0.15) is 51.4 Å². The maximum atomic E-state index is 11.5. The quantitative estimate of drug-likeness (QED) is 0.863. The van der Waals surface area contributed by atoms with Gasteiger partial charge in [0.1, 0.15) is 0 Å². The zero-order valence-corrected chi connectivity index (χ0v) is 13.4. The van der Waals surface area contributed by atoms with Crippen LogP contribution in [-0.4, -0.2) is 44.2 Å². The molecule has 3 fully saturated rings. The molecule has 0 aromatic heterocycles. The number of hydrogen-bond acceptors (Lipinski definition) is 3. The molecule has 0 bridgehead atoms. The Labute approximate surface area is 123 Å². The smallest absolute Gasteiger partial charge is 0.211 e. The number of nitrogens with one attached hydrogen (secondary N) is 1. The molecule has 5 heteroatoms. The lowest BCUT2D eigenvalue weighted by Crippen LogP contribution is -2.48. The molecular weight excluding hydrogens is 272 g/mol. The average molecular weight is 300 g/mol. The summed E-state index contributed by atoms with van der Waals surface area (Å²) < 4.78 is 24.7. The van der Waals surface area contributed by atoms with Crippen molar-refractivity contribution in [1.29, 1.82) is 0 Å². The molecule has 2 aliphatic carbocycles. The summed E-state index contributed by atoms with van der Waals surface area (Å²) in [5, 5.41) is 3.82. The molecule has 1 heterocycles. The van der Waals surface area contributed by atoms with Gasteiger partial charge in [-0.2, -0.15) is 0 Å². The Balaban J connectivity index is 1.45. The first-order valence-corrected chi connectivity index (χ1v) is 10.1. The second-order valence-electron chi connectivity index (χ2n) is 7.06. The van der Waals surface area contributed by atoms with Gasteiger partial charge in [0.05, 0.1) is 6.26 Å². The standard InChI is InChI=1S/C15H28N2O2S/c1-20(18,19)17-9-7-14(8-10-17)16-15-4-2-3-13(11-15)12-5-6-12/h12-16H,2-11H2,1H3. The van der Waals surface area contributed by atoms with Crippen LogP contribution in [0.3, 0.4) is 0 Å². The highest BCUT2D eigenvalue weighted by Gasteiger charge is 2.35. The number of rotatable bonds is 4. The molecule has 116 valence electrons. The van der Waals surface area contributed by atoms with Gasteiger partial charge in [-0.25, -0.2) is 12.7 Å². The van der Waals surface area contributed by atoms with Crippen LogP contribution in [0.2, 0.25) is 0 Å². The second-order valence-corrected chi connectivity index (χ2v) is 9.05. The predicted molar refractivity (Wildman–Crippen MR) is 81.0 cm³/mol. The molecule has 3 aliphatic rings. The molecule has 20 heavy (non-hydrogen) atoms. The van der Waals surface area contributed by atoms with Crippen LogP contribution in [0.15, 0.2) is 0 Å². The SMILES string of the molecule is CS(=O)(=O)N1CCC(NC2CCCC(C3CC3)C2)CC1. The maximum Gasteiger partial charge on any atom is 0.211 e. The molecule has 1 aliphatic heterocycles. The molecule has 2 saturated carbocycles. The summed E-state index contributed by atoms with van der Waals surface area (Å²) in [5.74, 6) is 2.00. The first-order chi connectivity index (χ1) is 9.52. The van der Waals surface area contributed by atoms with Gasteiger partial charge in [0.25, 0.3) is 0 Å². The van der Waals surface area contributed by atoms with E-state index in [1.54, 1.807) is 4.31 Å². The van der Waals surface area contributed by atoms with E-state index in [2.05, 4.69) is 5.32 Å². The van der Waals surface area contributed by atoms with Crippen molar-refractivity contribution < 1.29 is 8.42 Å². The van der Waals surface area contributed by atoms with Crippen LogP contribution in [0.4, 0.5) is 0 Å². The Kier molecular flexibility index (Phi) is 4.39. The van der Waals surface area contributed by atoms with Crippen molar-refractivity contribution in [2.24, 2.45) is 11.8 Å². The number of sulfonamides is 1. The summed E-state index contributed by atoms with van der Waals surface area (Å²) in [6.07, 6.45) is 11.7. The molecular formula is C15H28N2O2S. The minimum absolute atomic E-state index is 0.524. The molecule has 0 amide bonds. The van der Waals surface area contributed by atoms with Gasteiger partial charge in [0, 0.05) is 25.2 Å². The number of nitrogens with zero attached hydrogens (tertiary/aromatic N) is 1. The Hall–Kier alpha value is -0.130. The van der Waals surface area contributed by atoms with Crippen molar-refractivity contribution >= 4 is 10.0 Å². The Morgan fingerprint density at radius 2 is 1.60 bits per heavy atom. The summed E-state index contributed by atoms with van der Waals surface area (Å²) in [4.78, 5) is 0. The molecule has 1 N–H and O–H groups in total. The van der Waals surface area contributed by atoms with Gasteiger partial charge >= 0.3 is 0 Å². The van der Waals surface area contributed by atoms with Gasteiger partial charge in [-0.05, 0) is 50.4 Å². The highest BCUT2D eigenvalue weighted by molar-refractivity contribution is 7.88. The van der Waals surface area contributed by atoms with Crippen molar-refractivity contribution in [3.63, 3.8) is 0 Å². The van der Waals surface area contributed by atoms with Gasteiger partial charge in [0.2, 0.25) is 10.0 Å². The van der Waals surface area contributed by atoms with E-state index < -0.39 is 10.0 Å². The normalized spacial score (nSPS) is 34.2. The maximum absolute atomic E-state index is 11.5. The van der Waals surface area contributed by atoms with Crippen LogP contribution >= 0.6 is 0 Å². The van der Waals surface area contributed by atoms with Gasteiger partial charge < -0.3 is 5.32 Å². The minimum Gasteiger partial charge on any atom is -0.311 e. The fourth-order valence-corrected chi connectivity index (χ4v) is 4.94. The van der Waals surface area contributed by atoms with Gasteiger partial charge in [0.15, 0.2) is 0 Å². The van der Waals surface area contributed by atoms with Gasteiger partial charge in [-0.3, -0.25) is 0 Å². The van der Waals surface area contributed by atoms with Gasteiger partial charge in [-0.15, -0.1) is 0 Å². The Morgan fingerprint density at radius 3 is 2.20 bits per heavy atom. The van der Waals surface area contributed by atoms with Crippen molar-refractivity contribution in [2.45, 2.75) is 63.5 Å². The molecule has 0 aromatic carbocycles. The topological polar surface area (TPSA) is 49.4 Å². The van der Waals surface area contributed by atoms with E-state index in [0.29, 0.717) is 25.2 Å². The zero-order chi connectivity index (χ0) is 14.2. The van der Waals surface area contributed by atoms with Crippen molar-refractivity contribution in [3.05, 3.63) is 0 Å². The Morgan fingerprint density at radius 1 is 0.900 bits per heavy atom.